The van der Waals surface area contributed by atoms with Crippen LogP contribution in [0.15, 0.2) is 12.2 Å². The van der Waals surface area contributed by atoms with Gasteiger partial charge in [-0.2, -0.15) is 8.42 Å². The summed E-state index contributed by atoms with van der Waals surface area (Å²) in [6.45, 7) is 4.41. The van der Waals surface area contributed by atoms with E-state index in [1.807, 2.05) is 0 Å². The molecule has 0 rings (SSSR count). The molecule has 0 aromatic carbocycles. The van der Waals surface area contributed by atoms with E-state index in [-0.39, 0.29) is 10.1 Å². The average molecular weight is 252 g/mol. The first kappa shape index (κ1) is 15.1. The first-order chi connectivity index (χ1) is 6.96. The lowest BCUT2D eigenvalue weighted by atomic mass is 10.4. The average Bonchev–Trinajstić information content (AvgIpc) is 1.98. The van der Waals surface area contributed by atoms with Gasteiger partial charge >= 0.3 is 16.1 Å². The molecule has 94 valence electrons. The van der Waals surface area contributed by atoms with Crippen LogP contribution in [0.3, 0.4) is 0 Å². The molecule has 0 saturated heterocycles. The van der Waals surface area contributed by atoms with E-state index in [0.29, 0.717) is 0 Å². The molecule has 0 radical (unpaired) electrons. The quantitative estimate of drug-likeness (QED) is 0.323. The Kier molecular flexibility index (Phi) is 4.66. The standard InChI is InChI=1S/C9H17NO5S/c1-7(2)9(11)15-6-8(10(3,4)5)16(12,13)14/h8H,1,6H2,2-5H3/p+1. The molecule has 0 amide bonds. The Balaban J connectivity index is 4.74. The van der Waals surface area contributed by atoms with Crippen molar-refractivity contribution in [1.29, 1.82) is 0 Å². The maximum absolute atomic E-state index is 11.1. The highest BCUT2D eigenvalue weighted by Crippen LogP contribution is 2.11. The van der Waals surface area contributed by atoms with Gasteiger partial charge < -0.3 is 9.22 Å². The van der Waals surface area contributed by atoms with Gasteiger partial charge in [0.05, 0.1) is 21.1 Å². The number of ether oxygens (including phenoxy) is 1. The highest BCUT2D eigenvalue weighted by molar-refractivity contribution is 7.86. The number of esters is 1. The normalized spacial score (nSPS) is 14.3. The fraction of sp³-hybridized carbons (Fsp3) is 0.667. The van der Waals surface area contributed by atoms with Crippen molar-refractivity contribution in [3.63, 3.8) is 0 Å². The zero-order chi connectivity index (χ0) is 13.1. The van der Waals surface area contributed by atoms with Gasteiger partial charge in [-0.1, -0.05) is 6.58 Å². The summed E-state index contributed by atoms with van der Waals surface area (Å²) in [6, 6.07) is 0. The Morgan fingerprint density at radius 1 is 1.44 bits per heavy atom. The smallest absolute Gasteiger partial charge is 0.333 e. The minimum absolute atomic E-state index is 0.0672. The first-order valence-corrected chi connectivity index (χ1v) is 6.06. The summed E-state index contributed by atoms with van der Waals surface area (Å²) in [6.07, 6.45) is 0. The predicted molar refractivity (Wildman–Crippen MR) is 59.1 cm³/mol. The van der Waals surface area contributed by atoms with Crippen molar-refractivity contribution in [3.8, 4) is 0 Å². The van der Waals surface area contributed by atoms with Crippen LogP contribution >= 0.6 is 0 Å². The van der Waals surface area contributed by atoms with E-state index < -0.39 is 28.1 Å². The number of hydrogen-bond donors (Lipinski definition) is 1. The number of carbonyl (C=O) groups excluding carboxylic acids is 1. The van der Waals surface area contributed by atoms with Crippen LogP contribution in [-0.2, 0) is 19.6 Å². The Morgan fingerprint density at radius 2 is 1.88 bits per heavy atom. The molecule has 1 unspecified atom stereocenters. The summed E-state index contributed by atoms with van der Waals surface area (Å²) in [7, 11) is 0.451. The third-order valence-electron chi connectivity index (χ3n) is 1.91. The van der Waals surface area contributed by atoms with Gasteiger partial charge in [0.15, 0.2) is 6.61 Å². The minimum Gasteiger partial charge on any atom is -0.455 e. The second-order valence-electron chi connectivity index (χ2n) is 4.46. The van der Waals surface area contributed by atoms with E-state index in [4.69, 9.17) is 9.29 Å². The summed E-state index contributed by atoms with van der Waals surface area (Å²) in [5.41, 5.74) is 0.176. The molecule has 0 aliphatic carbocycles. The van der Waals surface area contributed by atoms with Gasteiger partial charge in [-0.05, 0) is 6.92 Å². The second-order valence-corrected chi connectivity index (χ2v) is 6.04. The number of quaternary nitrogens is 1. The maximum atomic E-state index is 11.1. The van der Waals surface area contributed by atoms with Crippen LogP contribution < -0.4 is 0 Å². The number of carbonyl (C=O) groups is 1. The molecular formula is C9H18NO5S+. The molecule has 1 N–H and O–H groups in total. The number of rotatable bonds is 5. The SMILES string of the molecule is C=C(C)C(=O)OCC([N+](C)(C)C)S(=O)(=O)O. The minimum atomic E-state index is -4.28. The molecular weight excluding hydrogens is 234 g/mol. The highest BCUT2D eigenvalue weighted by atomic mass is 32.2. The van der Waals surface area contributed by atoms with Crippen molar-refractivity contribution in [2.45, 2.75) is 12.3 Å². The fourth-order valence-electron chi connectivity index (χ4n) is 0.979. The van der Waals surface area contributed by atoms with Crippen molar-refractivity contribution in [2.24, 2.45) is 0 Å². The maximum Gasteiger partial charge on any atom is 0.333 e. The molecule has 7 heteroatoms. The number of nitrogens with zero attached hydrogens (tertiary/aromatic N) is 1. The van der Waals surface area contributed by atoms with E-state index in [1.165, 1.54) is 6.92 Å². The molecule has 16 heavy (non-hydrogen) atoms. The van der Waals surface area contributed by atoms with Crippen molar-refractivity contribution in [1.82, 2.24) is 0 Å². The Labute approximate surface area is 95.8 Å². The van der Waals surface area contributed by atoms with Crippen LogP contribution in [0.5, 0.6) is 0 Å². The van der Waals surface area contributed by atoms with Gasteiger partial charge in [0.1, 0.15) is 0 Å². The van der Waals surface area contributed by atoms with Gasteiger partial charge in [-0.15, -0.1) is 0 Å². The van der Waals surface area contributed by atoms with Crippen LogP contribution in [-0.4, -0.2) is 56.5 Å². The molecule has 0 fully saturated rings. The predicted octanol–water partition coefficient (Wildman–Crippen LogP) is 0.0258. The van der Waals surface area contributed by atoms with E-state index in [2.05, 4.69) is 6.58 Å². The number of hydrogen-bond acceptors (Lipinski definition) is 4. The highest BCUT2D eigenvalue weighted by Gasteiger charge is 2.37. The van der Waals surface area contributed by atoms with E-state index in [0.717, 1.165) is 0 Å². The monoisotopic (exact) mass is 252 g/mol. The van der Waals surface area contributed by atoms with Crippen molar-refractivity contribution in [3.05, 3.63) is 12.2 Å². The summed E-state index contributed by atoms with van der Waals surface area (Å²) in [5, 5.41) is -1.21. The molecule has 1 atom stereocenters. The summed E-state index contributed by atoms with van der Waals surface area (Å²) >= 11 is 0. The Morgan fingerprint density at radius 3 is 2.12 bits per heavy atom. The first-order valence-electron chi connectivity index (χ1n) is 4.56. The van der Waals surface area contributed by atoms with Crippen LogP contribution in [0.2, 0.25) is 0 Å². The zero-order valence-corrected chi connectivity index (χ0v) is 10.7. The summed E-state index contributed by atoms with van der Waals surface area (Å²) < 4.78 is 35.8. The molecule has 0 aromatic rings. The molecule has 0 saturated carbocycles. The summed E-state index contributed by atoms with van der Waals surface area (Å²) in [5.74, 6) is -0.679. The van der Waals surface area contributed by atoms with Gasteiger partial charge in [0.25, 0.3) is 0 Å². The van der Waals surface area contributed by atoms with Crippen LogP contribution in [0.1, 0.15) is 6.92 Å². The molecule has 6 nitrogen and oxygen atoms in total. The molecule has 0 aromatic heterocycles. The van der Waals surface area contributed by atoms with Gasteiger partial charge in [0.2, 0.25) is 5.37 Å². The van der Waals surface area contributed by atoms with Crippen LogP contribution in [0.25, 0.3) is 0 Å². The van der Waals surface area contributed by atoms with Crippen molar-refractivity contribution < 1.29 is 27.0 Å². The Bertz CT molecular complexity index is 379. The van der Waals surface area contributed by atoms with Crippen molar-refractivity contribution in [2.75, 3.05) is 27.7 Å². The van der Waals surface area contributed by atoms with E-state index in [1.54, 1.807) is 21.1 Å². The van der Waals surface area contributed by atoms with Gasteiger partial charge in [0, 0.05) is 5.57 Å². The van der Waals surface area contributed by atoms with Gasteiger partial charge in [-0.3, -0.25) is 4.55 Å². The molecule has 0 bridgehead atoms. The lowest BCUT2D eigenvalue weighted by molar-refractivity contribution is -0.882. The topological polar surface area (TPSA) is 80.7 Å². The lowest BCUT2D eigenvalue weighted by Gasteiger charge is -2.31. The molecule has 0 aliphatic heterocycles. The summed E-state index contributed by atoms with van der Waals surface area (Å²) in [4.78, 5) is 11.1. The van der Waals surface area contributed by atoms with Crippen molar-refractivity contribution >= 4 is 16.1 Å². The van der Waals surface area contributed by atoms with Crippen LogP contribution in [0.4, 0.5) is 0 Å². The van der Waals surface area contributed by atoms with E-state index >= 15 is 0 Å². The third kappa shape index (κ3) is 4.73. The second kappa shape index (κ2) is 4.94. The van der Waals surface area contributed by atoms with E-state index in [9.17, 15) is 13.2 Å². The molecule has 0 heterocycles. The molecule has 0 spiro atoms. The fourth-order valence-corrected chi connectivity index (χ4v) is 2.02. The van der Waals surface area contributed by atoms with Gasteiger partial charge in [-0.25, -0.2) is 4.79 Å². The zero-order valence-electron chi connectivity index (χ0n) is 9.93. The molecule has 0 aliphatic rings. The van der Waals surface area contributed by atoms with Crippen LogP contribution in [0, 0.1) is 0 Å². The lowest BCUT2D eigenvalue weighted by Crippen LogP contribution is -2.52. The largest absolute Gasteiger partial charge is 0.455 e. The third-order valence-corrected chi connectivity index (χ3v) is 3.37. The Hall–Kier alpha value is -0.920. The number of likely N-dealkylation sites (N-methyl/N-ethyl adjacent to an activating group) is 1.